The first-order valence-electron chi connectivity index (χ1n) is 4.27. The van der Waals surface area contributed by atoms with Gasteiger partial charge in [0.05, 0.1) is 17.6 Å². The Kier molecular flexibility index (Phi) is 3.52. The molecule has 0 saturated heterocycles. The number of nitrogens with two attached hydrogens (primary N) is 1. The van der Waals surface area contributed by atoms with Crippen LogP contribution < -0.4 is 11.1 Å². The molecule has 0 spiro atoms. The van der Waals surface area contributed by atoms with Crippen molar-refractivity contribution >= 4 is 11.4 Å². The molecule has 72 valence electrons. The van der Waals surface area contributed by atoms with Gasteiger partial charge in [-0.15, -0.1) is 0 Å². The SMILES string of the molecule is CN(C)CCNc1cncc(N)c1. The van der Waals surface area contributed by atoms with Crippen LogP contribution in [0.25, 0.3) is 0 Å². The number of pyridine rings is 1. The first-order chi connectivity index (χ1) is 6.18. The summed E-state index contributed by atoms with van der Waals surface area (Å²) >= 11 is 0. The standard InChI is InChI=1S/C9H16N4/c1-13(2)4-3-12-9-5-8(10)6-11-7-9/h5-7,12H,3-4,10H2,1-2H3. The van der Waals surface area contributed by atoms with Crippen LogP contribution in [0.5, 0.6) is 0 Å². The number of nitrogens with one attached hydrogen (secondary N) is 1. The Balaban J connectivity index is 2.37. The first kappa shape index (κ1) is 9.80. The Labute approximate surface area is 78.8 Å². The van der Waals surface area contributed by atoms with Crippen LogP contribution in [0, 0.1) is 0 Å². The fourth-order valence-electron chi connectivity index (χ4n) is 0.978. The van der Waals surface area contributed by atoms with E-state index in [9.17, 15) is 0 Å². The van der Waals surface area contributed by atoms with Crippen molar-refractivity contribution in [3.8, 4) is 0 Å². The van der Waals surface area contributed by atoms with Crippen LogP contribution in [0.4, 0.5) is 11.4 Å². The zero-order chi connectivity index (χ0) is 9.68. The molecule has 4 heteroatoms. The van der Waals surface area contributed by atoms with Crippen LogP contribution in [-0.2, 0) is 0 Å². The monoisotopic (exact) mass is 180 g/mol. The van der Waals surface area contributed by atoms with Crippen molar-refractivity contribution < 1.29 is 0 Å². The molecule has 13 heavy (non-hydrogen) atoms. The number of aromatic nitrogens is 1. The summed E-state index contributed by atoms with van der Waals surface area (Å²) in [5.74, 6) is 0. The smallest absolute Gasteiger partial charge is 0.0547 e. The van der Waals surface area contributed by atoms with Gasteiger partial charge in [-0.1, -0.05) is 0 Å². The molecule has 0 aromatic carbocycles. The minimum Gasteiger partial charge on any atom is -0.397 e. The van der Waals surface area contributed by atoms with Crippen molar-refractivity contribution in [3.63, 3.8) is 0 Å². The van der Waals surface area contributed by atoms with E-state index in [4.69, 9.17) is 5.73 Å². The van der Waals surface area contributed by atoms with E-state index in [0.29, 0.717) is 5.69 Å². The van der Waals surface area contributed by atoms with Gasteiger partial charge in [-0.05, 0) is 20.2 Å². The van der Waals surface area contributed by atoms with Crippen LogP contribution in [0.1, 0.15) is 0 Å². The Morgan fingerprint density at radius 3 is 2.85 bits per heavy atom. The zero-order valence-corrected chi connectivity index (χ0v) is 8.12. The van der Waals surface area contributed by atoms with Gasteiger partial charge in [0, 0.05) is 19.3 Å². The lowest BCUT2D eigenvalue weighted by molar-refractivity contribution is 0.425. The molecule has 3 N–H and O–H groups in total. The predicted molar refractivity (Wildman–Crippen MR) is 55.7 cm³/mol. The third-order valence-electron chi connectivity index (χ3n) is 1.65. The van der Waals surface area contributed by atoms with Crippen molar-refractivity contribution in [2.75, 3.05) is 38.2 Å². The summed E-state index contributed by atoms with van der Waals surface area (Å²) in [4.78, 5) is 6.10. The van der Waals surface area contributed by atoms with Crippen LogP contribution in [-0.4, -0.2) is 37.1 Å². The highest BCUT2D eigenvalue weighted by Crippen LogP contribution is 2.08. The van der Waals surface area contributed by atoms with Crippen LogP contribution >= 0.6 is 0 Å². The molecule has 0 fully saturated rings. The lowest BCUT2D eigenvalue weighted by Crippen LogP contribution is -2.20. The highest BCUT2D eigenvalue weighted by Gasteiger charge is 1.93. The Morgan fingerprint density at radius 2 is 2.23 bits per heavy atom. The van der Waals surface area contributed by atoms with Gasteiger partial charge in [0.25, 0.3) is 0 Å². The van der Waals surface area contributed by atoms with Gasteiger partial charge in [-0.2, -0.15) is 0 Å². The number of hydrogen-bond donors (Lipinski definition) is 2. The molecular formula is C9H16N4. The van der Waals surface area contributed by atoms with Crippen molar-refractivity contribution in [2.45, 2.75) is 0 Å². The molecular weight excluding hydrogens is 164 g/mol. The van der Waals surface area contributed by atoms with Crippen molar-refractivity contribution in [1.82, 2.24) is 9.88 Å². The molecule has 1 heterocycles. The second kappa shape index (κ2) is 4.67. The predicted octanol–water partition coefficient (Wildman–Crippen LogP) is 0.637. The molecule has 1 rings (SSSR count). The van der Waals surface area contributed by atoms with E-state index in [1.165, 1.54) is 0 Å². The summed E-state index contributed by atoms with van der Waals surface area (Å²) in [6, 6.07) is 1.88. The van der Waals surface area contributed by atoms with Crippen LogP contribution in [0.15, 0.2) is 18.5 Å². The van der Waals surface area contributed by atoms with E-state index in [-0.39, 0.29) is 0 Å². The molecule has 1 aromatic rings. The van der Waals surface area contributed by atoms with Crippen molar-refractivity contribution in [1.29, 1.82) is 0 Å². The third kappa shape index (κ3) is 3.75. The Bertz CT molecular complexity index is 260. The summed E-state index contributed by atoms with van der Waals surface area (Å²) in [6.45, 7) is 1.90. The third-order valence-corrected chi connectivity index (χ3v) is 1.65. The Hall–Kier alpha value is -1.29. The summed E-state index contributed by atoms with van der Waals surface area (Å²) in [7, 11) is 4.08. The molecule has 0 radical (unpaired) electrons. The molecule has 0 unspecified atom stereocenters. The van der Waals surface area contributed by atoms with E-state index in [1.54, 1.807) is 12.4 Å². The first-order valence-corrected chi connectivity index (χ1v) is 4.27. The van der Waals surface area contributed by atoms with Gasteiger partial charge in [0.1, 0.15) is 0 Å². The summed E-state index contributed by atoms with van der Waals surface area (Å²) < 4.78 is 0. The average Bonchev–Trinajstić information content (AvgIpc) is 2.03. The molecule has 0 atom stereocenters. The van der Waals surface area contributed by atoms with Crippen LogP contribution in [0.2, 0.25) is 0 Å². The number of likely N-dealkylation sites (N-methyl/N-ethyl adjacent to an activating group) is 1. The van der Waals surface area contributed by atoms with Gasteiger partial charge in [0.2, 0.25) is 0 Å². The molecule has 1 aromatic heterocycles. The zero-order valence-electron chi connectivity index (χ0n) is 8.12. The number of hydrogen-bond acceptors (Lipinski definition) is 4. The minimum atomic E-state index is 0.690. The molecule has 0 bridgehead atoms. The van der Waals surface area contributed by atoms with E-state index in [2.05, 4.69) is 15.2 Å². The maximum Gasteiger partial charge on any atom is 0.0547 e. The number of nitrogen functional groups attached to an aromatic ring is 1. The number of anilines is 2. The van der Waals surface area contributed by atoms with E-state index in [1.807, 2.05) is 20.2 Å². The Morgan fingerprint density at radius 1 is 1.46 bits per heavy atom. The topological polar surface area (TPSA) is 54.2 Å². The number of rotatable bonds is 4. The highest BCUT2D eigenvalue weighted by molar-refractivity contribution is 5.51. The van der Waals surface area contributed by atoms with E-state index >= 15 is 0 Å². The summed E-state index contributed by atoms with van der Waals surface area (Å²) in [5, 5.41) is 3.23. The largest absolute Gasteiger partial charge is 0.397 e. The van der Waals surface area contributed by atoms with Gasteiger partial charge >= 0.3 is 0 Å². The minimum absolute atomic E-state index is 0.690. The highest BCUT2D eigenvalue weighted by atomic mass is 15.1. The summed E-state index contributed by atoms with van der Waals surface area (Å²) in [6.07, 6.45) is 3.41. The second-order valence-corrected chi connectivity index (χ2v) is 3.24. The molecule has 0 saturated carbocycles. The van der Waals surface area contributed by atoms with Gasteiger partial charge in [0.15, 0.2) is 0 Å². The maximum absolute atomic E-state index is 5.58. The fourth-order valence-corrected chi connectivity index (χ4v) is 0.978. The lowest BCUT2D eigenvalue weighted by atomic mass is 10.4. The van der Waals surface area contributed by atoms with Gasteiger partial charge in [-0.25, -0.2) is 0 Å². The van der Waals surface area contributed by atoms with Crippen molar-refractivity contribution in [2.24, 2.45) is 0 Å². The average molecular weight is 180 g/mol. The molecule has 0 aliphatic rings. The van der Waals surface area contributed by atoms with Crippen molar-refractivity contribution in [3.05, 3.63) is 18.5 Å². The van der Waals surface area contributed by atoms with Gasteiger partial charge in [-0.3, -0.25) is 4.98 Å². The summed E-state index contributed by atoms with van der Waals surface area (Å²) in [5.41, 5.74) is 7.24. The second-order valence-electron chi connectivity index (χ2n) is 3.24. The quantitative estimate of drug-likeness (QED) is 0.714. The fraction of sp³-hybridized carbons (Fsp3) is 0.444. The molecule has 4 nitrogen and oxygen atoms in total. The molecule has 0 aliphatic heterocycles. The molecule has 0 amide bonds. The molecule has 0 aliphatic carbocycles. The maximum atomic E-state index is 5.58. The normalized spacial score (nSPS) is 10.4. The lowest BCUT2D eigenvalue weighted by Gasteiger charge is -2.11. The van der Waals surface area contributed by atoms with E-state index in [0.717, 1.165) is 18.8 Å². The van der Waals surface area contributed by atoms with Gasteiger partial charge < -0.3 is 16.0 Å². The van der Waals surface area contributed by atoms with Crippen LogP contribution in [0.3, 0.4) is 0 Å². The number of nitrogens with zero attached hydrogens (tertiary/aromatic N) is 2. The van der Waals surface area contributed by atoms with E-state index < -0.39 is 0 Å².